The Hall–Kier alpha value is -1.60. The summed E-state index contributed by atoms with van der Waals surface area (Å²) >= 11 is 1.54. The van der Waals surface area contributed by atoms with Gasteiger partial charge >= 0.3 is 6.18 Å². The first-order valence-corrected chi connectivity index (χ1v) is 9.27. The lowest BCUT2D eigenvalue weighted by Crippen LogP contribution is -2.21. The first-order valence-electron chi connectivity index (χ1n) is 8.46. The largest absolute Gasteiger partial charge is 0.416 e. The fraction of sp³-hybridized carbons (Fsp3) is 0.500. The van der Waals surface area contributed by atoms with Gasteiger partial charge in [0.2, 0.25) is 0 Å². The Morgan fingerprint density at radius 2 is 1.96 bits per heavy atom. The second-order valence-electron chi connectivity index (χ2n) is 6.30. The summed E-state index contributed by atoms with van der Waals surface area (Å²) < 4.78 is 43.6. The topological polar surface area (TPSA) is 34.1 Å². The molecule has 0 unspecified atom stereocenters. The van der Waals surface area contributed by atoms with Crippen LogP contribution in [0.15, 0.2) is 30.5 Å². The van der Waals surface area contributed by atoms with Gasteiger partial charge in [-0.05, 0) is 30.5 Å². The second kappa shape index (κ2) is 8.19. The Morgan fingerprint density at radius 1 is 1.16 bits per heavy atom. The van der Waals surface area contributed by atoms with Gasteiger partial charge < -0.3 is 10.1 Å². The van der Waals surface area contributed by atoms with Crippen LogP contribution in [-0.4, -0.2) is 11.0 Å². The molecule has 0 saturated heterocycles. The van der Waals surface area contributed by atoms with E-state index in [1.807, 2.05) is 0 Å². The summed E-state index contributed by atoms with van der Waals surface area (Å²) in [5.74, 6) is 0. The SMILES string of the molecule is FC(F)(F)c1cccc(COCc2cnc(NC3CCCCC3)s2)c1. The molecule has 1 aromatic heterocycles. The standard InChI is InChI=1S/C18H21F3N2OS/c19-18(20,21)14-6-4-5-13(9-14)11-24-12-16-10-22-17(25-16)23-15-7-2-1-3-8-15/h4-6,9-10,15H,1-3,7-8,11-12H2,(H,22,23). The van der Waals surface area contributed by atoms with E-state index in [2.05, 4.69) is 10.3 Å². The molecule has 0 bridgehead atoms. The molecule has 1 saturated carbocycles. The van der Waals surface area contributed by atoms with E-state index in [-0.39, 0.29) is 6.61 Å². The Balaban J connectivity index is 1.48. The zero-order valence-electron chi connectivity index (χ0n) is 13.8. The summed E-state index contributed by atoms with van der Waals surface area (Å²) in [6.07, 6.45) is 3.63. The van der Waals surface area contributed by atoms with Gasteiger partial charge in [0.15, 0.2) is 5.13 Å². The zero-order chi connectivity index (χ0) is 17.7. The minimum absolute atomic E-state index is 0.146. The molecule has 0 amide bonds. The van der Waals surface area contributed by atoms with Crippen LogP contribution >= 0.6 is 11.3 Å². The van der Waals surface area contributed by atoms with Crippen molar-refractivity contribution in [3.8, 4) is 0 Å². The second-order valence-corrected chi connectivity index (χ2v) is 7.42. The van der Waals surface area contributed by atoms with Crippen LogP contribution in [0.1, 0.15) is 48.1 Å². The molecule has 1 fully saturated rings. The van der Waals surface area contributed by atoms with Gasteiger partial charge in [0.1, 0.15) is 0 Å². The van der Waals surface area contributed by atoms with Crippen molar-refractivity contribution in [2.45, 2.75) is 57.5 Å². The number of anilines is 1. The Labute approximate surface area is 149 Å². The van der Waals surface area contributed by atoms with Crippen LogP contribution in [0.4, 0.5) is 18.3 Å². The monoisotopic (exact) mass is 370 g/mol. The first-order chi connectivity index (χ1) is 12.0. The lowest BCUT2D eigenvalue weighted by atomic mass is 9.96. The van der Waals surface area contributed by atoms with Crippen LogP contribution in [0.5, 0.6) is 0 Å². The number of hydrogen-bond donors (Lipinski definition) is 1. The van der Waals surface area contributed by atoms with Crippen LogP contribution in [0.2, 0.25) is 0 Å². The third kappa shape index (κ3) is 5.44. The highest BCUT2D eigenvalue weighted by Crippen LogP contribution is 2.30. The molecule has 7 heteroatoms. The van der Waals surface area contributed by atoms with Crippen molar-refractivity contribution in [2.24, 2.45) is 0 Å². The summed E-state index contributed by atoms with van der Waals surface area (Å²) in [5, 5.41) is 4.35. The van der Waals surface area contributed by atoms with E-state index in [1.54, 1.807) is 23.6 Å². The molecule has 1 aliphatic rings. The minimum Gasteiger partial charge on any atom is -0.371 e. The number of rotatable bonds is 6. The molecular weight excluding hydrogens is 349 g/mol. The van der Waals surface area contributed by atoms with Crippen LogP contribution in [0.25, 0.3) is 0 Å². The summed E-state index contributed by atoms with van der Waals surface area (Å²) in [4.78, 5) is 5.32. The molecule has 0 spiro atoms. The maximum atomic E-state index is 12.7. The highest BCUT2D eigenvalue weighted by atomic mass is 32.1. The van der Waals surface area contributed by atoms with Crippen LogP contribution in [0, 0.1) is 0 Å². The summed E-state index contributed by atoms with van der Waals surface area (Å²) in [6.45, 7) is 0.494. The number of benzene rings is 1. The molecule has 0 radical (unpaired) electrons. The molecule has 3 nitrogen and oxygen atoms in total. The average molecular weight is 370 g/mol. The number of nitrogens with zero attached hydrogens (tertiary/aromatic N) is 1. The number of ether oxygens (including phenoxy) is 1. The fourth-order valence-electron chi connectivity index (χ4n) is 2.97. The third-order valence-electron chi connectivity index (χ3n) is 4.25. The van der Waals surface area contributed by atoms with Gasteiger partial charge in [-0.3, -0.25) is 0 Å². The highest BCUT2D eigenvalue weighted by Gasteiger charge is 2.30. The van der Waals surface area contributed by atoms with Crippen molar-refractivity contribution >= 4 is 16.5 Å². The number of halogens is 3. The third-order valence-corrected chi connectivity index (χ3v) is 5.16. The number of thiazole rings is 1. The maximum Gasteiger partial charge on any atom is 0.416 e. The summed E-state index contributed by atoms with van der Waals surface area (Å²) in [7, 11) is 0. The van der Waals surface area contributed by atoms with E-state index >= 15 is 0 Å². The first kappa shape index (κ1) is 18.2. The van der Waals surface area contributed by atoms with E-state index in [4.69, 9.17) is 4.74 Å². The van der Waals surface area contributed by atoms with Gasteiger partial charge in [0, 0.05) is 12.2 Å². The van der Waals surface area contributed by atoms with Crippen molar-refractivity contribution in [3.05, 3.63) is 46.5 Å². The number of nitrogens with one attached hydrogen (secondary N) is 1. The van der Waals surface area contributed by atoms with Gasteiger partial charge in [0.25, 0.3) is 0 Å². The lowest BCUT2D eigenvalue weighted by molar-refractivity contribution is -0.137. The molecule has 3 rings (SSSR count). The number of hydrogen-bond acceptors (Lipinski definition) is 4. The molecule has 1 N–H and O–H groups in total. The van der Waals surface area contributed by atoms with Crippen LogP contribution in [0.3, 0.4) is 0 Å². The Bertz CT molecular complexity index is 681. The fourth-order valence-corrected chi connectivity index (χ4v) is 3.80. The Morgan fingerprint density at radius 3 is 2.72 bits per heavy atom. The predicted molar refractivity (Wildman–Crippen MR) is 92.5 cm³/mol. The van der Waals surface area contributed by atoms with Crippen molar-refractivity contribution in [1.82, 2.24) is 4.98 Å². The molecule has 2 aromatic rings. The lowest BCUT2D eigenvalue weighted by Gasteiger charge is -2.22. The molecule has 1 heterocycles. The van der Waals surface area contributed by atoms with Crippen LogP contribution in [-0.2, 0) is 24.1 Å². The molecular formula is C18H21F3N2OS. The molecule has 0 atom stereocenters. The van der Waals surface area contributed by atoms with Crippen molar-refractivity contribution in [2.75, 3.05) is 5.32 Å². The van der Waals surface area contributed by atoms with E-state index in [0.29, 0.717) is 18.2 Å². The molecule has 1 aromatic carbocycles. The van der Waals surface area contributed by atoms with E-state index < -0.39 is 11.7 Å². The van der Waals surface area contributed by atoms with E-state index in [9.17, 15) is 13.2 Å². The van der Waals surface area contributed by atoms with Crippen molar-refractivity contribution < 1.29 is 17.9 Å². The van der Waals surface area contributed by atoms with Gasteiger partial charge in [-0.25, -0.2) is 4.98 Å². The van der Waals surface area contributed by atoms with Gasteiger partial charge in [-0.2, -0.15) is 13.2 Å². The number of aromatic nitrogens is 1. The van der Waals surface area contributed by atoms with Crippen molar-refractivity contribution in [1.29, 1.82) is 0 Å². The minimum atomic E-state index is -4.33. The maximum absolute atomic E-state index is 12.7. The van der Waals surface area contributed by atoms with Crippen LogP contribution < -0.4 is 5.32 Å². The highest BCUT2D eigenvalue weighted by molar-refractivity contribution is 7.15. The molecule has 0 aliphatic heterocycles. The normalized spacial score (nSPS) is 16.1. The van der Waals surface area contributed by atoms with E-state index in [0.717, 1.165) is 22.1 Å². The van der Waals surface area contributed by atoms with Gasteiger partial charge in [-0.1, -0.05) is 42.7 Å². The summed E-state index contributed by atoms with van der Waals surface area (Å²) in [5.41, 5.74) is -0.134. The summed E-state index contributed by atoms with van der Waals surface area (Å²) in [6, 6.07) is 5.73. The smallest absolute Gasteiger partial charge is 0.371 e. The molecule has 25 heavy (non-hydrogen) atoms. The number of alkyl halides is 3. The quantitative estimate of drug-likeness (QED) is 0.716. The van der Waals surface area contributed by atoms with Crippen molar-refractivity contribution in [3.63, 3.8) is 0 Å². The zero-order valence-corrected chi connectivity index (χ0v) is 14.6. The van der Waals surface area contributed by atoms with Gasteiger partial charge in [-0.15, -0.1) is 0 Å². The molecule has 1 aliphatic carbocycles. The van der Waals surface area contributed by atoms with Gasteiger partial charge in [0.05, 0.1) is 23.7 Å². The Kier molecular flexibility index (Phi) is 5.96. The average Bonchev–Trinajstić information content (AvgIpc) is 3.03. The van der Waals surface area contributed by atoms with E-state index in [1.165, 1.54) is 38.2 Å². The predicted octanol–water partition coefficient (Wildman–Crippen LogP) is 5.62. The molecule has 136 valence electrons.